The van der Waals surface area contributed by atoms with Crippen LogP contribution in [0.3, 0.4) is 0 Å². The fourth-order valence-electron chi connectivity index (χ4n) is 1.94. The molecule has 2 rings (SSSR count). The number of nitrogens with zero attached hydrogens (tertiary/aromatic N) is 1. The number of nitro groups is 1. The smallest absolute Gasteiger partial charge is 0.269 e. The van der Waals surface area contributed by atoms with Gasteiger partial charge in [0.15, 0.2) is 0 Å². The highest BCUT2D eigenvalue weighted by Gasteiger charge is 2.19. The first-order valence-electron chi connectivity index (χ1n) is 4.71. The Balaban J connectivity index is 2.45. The Labute approximate surface area is 81.9 Å². The molecule has 0 bridgehead atoms. The van der Waals surface area contributed by atoms with Gasteiger partial charge in [0.05, 0.1) is 4.92 Å². The van der Waals surface area contributed by atoms with E-state index in [4.69, 9.17) is 5.73 Å². The predicted octanol–water partition coefficient (Wildman–Crippen LogP) is 1.93. The van der Waals surface area contributed by atoms with Gasteiger partial charge in [0.1, 0.15) is 0 Å². The minimum absolute atomic E-state index is 0.0290. The van der Waals surface area contributed by atoms with Gasteiger partial charge in [0.25, 0.3) is 5.69 Å². The number of benzene rings is 1. The van der Waals surface area contributed by atoms with E-state index >= 15 is 0 Å². The molecule has 0 saturated heterocycles. The van der Waals surface area contributed by atoms with Crippen molar-refractivity contribution in [1.82, 2.24) is 0 Å². The molecule has 0 saturated carbocycles. The first kappa shape index (κ1) is 9.15. The third kappa shape index (κ3) is 1.48. The average molecular weight is 192 g/mol. The van der Waals surface area contributed by atoms with E-state index in [-0.39, 0.29) is 16.7 Å². The summed E-state index contributed by atoms with van der Waals surface area (Å²) >= 11 is 0. The normalized spacial score (nSPS) is 20.2. The molecule has 4 heteroatoms. The third-order valence-corrected chi connectivity index (χ3v) is 2.70. The van der Waals surface area contributed by atoms with Gasteiger partial charge in [-0.05, 0) is 30.4 Å². The quantitative estimate of drug-likeness (QED) is 0.546. The van der Waals surface area contributed by atoms with Crippen molar-refractivity contribution < 1.29 is 4.92 Å². The van der Waals surface area contributed by atoms with Gasteiger partial charge < -0.3 is 5.73 Å². The summed E-state index contributed by atoms with van der Waals surface area (Å²) in [7, 11) is 0. The standard InChI is InChI=1S/C10H12N2O2/c11-10-3-1-2-7-4-5-8(12(13)14)6-9(7)10/h4-6,10H,1-3,11H2/t10-/m1/s1. The molecule has 0 amide bonds. The molecule has 1 aromatic carbocycles. The van der Waals surface area contributed by atoms with E-state index in [2.05, 4.69) is 0 Å². The molecular weight excluding hydrogens is 180 g/mol. The Morgan fingerprint density at radius 2 is 2.29 bits per heavy atom. The van der Waals surface area contributed by atoms with E-state index in [1.54, 1.807) is 12.1 Å². The summed E-state index contributed by atoms with van der Waals surface area (Å²) in [6.07, 6.45) is 2.99. The molecule has 1 aliphatic carbocycles. The molecule has 74 valence electrons. The van der Waals surface area contributed by atoms with Crippen LogP contribution in [0.1, 0.15) is 30.0 Å². The minimum atomic E-state index is -0.373. The first-order valence-corrected chi connectivity index (χ1v) is 4.71. The number of nitrogens with two attached hydrogens (primary N) is 1. The molecule has 0 radical (unpaired) electrons. The van der Waals surface area contributed by atoms with Crippen molar-refractivity contribution in [3.8, 4) is 0 Å². The summed E-state index contributed by atoms with van der Waals surface area (Å²) in [4.78, 5) is 10.2. The molecule has 0 heterocycles. The highest BCUT2D eigenvalue weighted by atomic mass is 16.6. The van der Waals surface area contributed by atoms with Gasteiger partial charge in [0, 0.05) is 18.2 Å². The molecule has 0 aromatic heterocycles. The van der Waals surface area contributed by atoms with Crippen molar-refractivity contribution in [3.05, 3.63) is 39.4 Å². The summed E-state index contributed by atoms with van der Waals surface area (Å²) in [6.45, 7) is 0. The third-order valence-electron chi connectivity index (χ3n) is 2.70. The Bertz CT molecular complexity index is 376. The lowest BCUT2D eigenvalue weighted by Gasteiger charge is -2.21. The van der Waals surface area contributed by atoms with Crippen LogP contribution < -0.4 is 5.73 Å². The number of hydrogen-bond donors (Lipinski definition) is 1. The van der Waals surface area contributed by atoms with Crippen LogP contribution in [-0.2, 0) is 6.42 Å². The zero-order valence-electron chi connectivity index (χ0n) is 7.77. The lowest BCUT2D eigenvalue weighted by molar-refractivity contribution is -0.385. The highest BCUT2D eigenvalue weighted by molar-refractivity contribution is 5.42. The minimum Gasteiger partial charge on any atom is -0.324 e. The van der Waals surface area contributed by atoms with Gasteiger partial charge in [-0.2, -0.15) is 0 Å². The molecule has 1 aliphatic rings. The lowest BCUT2D eigenvalue weighted by atomic mass is 9.88. The molecule has 1 aromatic rings. The maximum absolute atomic E-state index is 10.6. The zero-order chi connectivity index (χ0) is 10.1. The van der Waals surface area contributed by atoms with Crippen LogP contribution in [0.25, 0.3) is 0 Å². The van der Waals surface area contributed by atoms with Gasteiger partial charge in [0.2, 0.25) is 0 Å². The van der Waals surface area contributed by atoms with Gasteiger partial charge >= 0.3 is 0 Å². The zero-order valence-corrected chi connectivity index (χ0v) is 7.77. The van der Waals surface area contributed by atoms with E-state index < -0.39 is 0 Å². The van der Waals surface area contributed by atoms with Crippen molar-refractivity contribution in [3.63, 3.8) is 0 Å². The number of hydrogen-bond acceptors (Lipinski definition) is 3. The number of non-ortho nitro benzene ring substituents is 1. The van der Waals surface area contributed by atoms with E-state index in [0.717, 1.165) is 30.4 Å². The second kappa shape index (κ2) is 3.38. The van der Waals surface area contributed by atoms with Crippen molar-refractivity contribution >= 4 is 5.69 Å². The Kier molecular flexibility index (Phi) is 2.21. The van der Waals surface area contributed by atoms with Crippen LogP contribution in [0, 0.1) is 10.1 Å². The summed E-state index contributed by atoms with van der Waals surface area (Å²) in [6, 6.07) is 4.96. The van der Waals surface area contributed by atoms with Crippen LogP contribution in [0.15, 0.2) is 18.2 Å². The van der Waals surface area contributed by atoms with Crippen LogP contribution in [0.4, 0.5) is 5.69 Å². The summed E-state index contributed by atoms with van der Waals surface area (Å²) in [5, 5.41) is 10.6. The van der Waals surface area contributed by atoms with Gasteiger partial charge in [-0.1, -0.05) is 6.07 Å². The SMILES string of the molecule is N[C@@H]1CCCc2ccc([N+](=O)[O-])cc21. The van der Waals surface area contributed by atoms with Crippen LogP contribution >= 0.6 is 0 Å². The predicted molar refractivity (Wildman–Crippen MR) is 53.0 cm³/mol. The van der Waals surface area contributed by atoms with Gasteiger partial charge in [-0.25, -0.2) is 0 Å². The Morgan fingerprint density at radius 1 is 1.50 bits per heavy atom. The Hall–Kier alpha value is -1.42. The topological polar surface area (TPSA) is 69.2 Å². The molecule has 0 fully saturated rings. The van der Waals surface area contributed by atoms with Crippen molar-refractivity contribution in [2.75, 3.05) is 0 Å². The molecule has 1 atom stereocenters. The van der Waals surface area contributed by atoms with Gasteiger partial charge in [-0.15, -0.1) is 0 Å². The molecule has 0 unspecified atom stereocenters. The summed E-state index contributed by atoms with van der Waals surface area (Å²) in [5.41, 5.74) is 8.14. The second-order valence-electron chi connectivity index (χ2n) is 3.64. The van der Waals surface area contributed by atoms with Crippen LogP contribution in [0.2, 0.25) is 0 Å². The van der Waals surface area contributed by atoms with E-state index in [1.807, 2.05) is 6.07 Å². The van der Waals surface area contributed by atoms with Crippen molar-refractivity contribution in [1.29, 1.82) is 0 Å². The molecule has 0 spiro atoms. The molecule has 2 N–H and O–H groups in total. The van der Waals surface area contributed by atoms with E-state index in [9.17, 15) is 10.1 Å². The second-order valence-corrected chi connectivity index (χ2v) is 3.64. The van der Waals surface area contributed by atoms with Crippen LogP contribution in [0.5, 0.6) is 0 Å². The number of rotatable bonds is 1. The van der Waals surface area contributed by atoms with Crippen molar-refractivity contribution in [2.45, 2.75) is 25.3 Å². The largest absolute Gasteiger partial charge is 0.324 e. The highest BCUT2D eigenvalue weighted by Crippen LogP contribution is 2.30. The first-order chi connectivity index (χ1) is 6.68. The molecule has 0 aliphatic heterocycles. The van der Waals surface area contributed by atoms with E-state index in [0.29, 0.717) is 0 Å². The Morgan fingerprint density at radius 3 is 3.00 bits per heavy atom. The fourth-order valence-corrected chi connectivity index (χ4v) is 1.94. The fraction of sp³-hybridized carbons (Fsp3) is 0.400. The lowest BCUT2D eigenvalue weighted by Crippen LogP contribution is -2.17. The summed E-state index contributed by atoms with van der Waals surface area (Å²) in [5.74, 6) is 0. The molecule has 4 nitrogen and oxygen atoms in total. The monoisotopic (exact) mass is 192 g/mol. The molecule has 14 heavy (non-hydrogen) atoms. The maximum Gasteiger partial charge on any atom is 0.269 e. The number of fused-ring (bicyclic) bond motifs is 1. The average Bonchev–Trinajstić information content (AvgIpc) is 2.18. The van der Waals surface area contributed by atoms with Crippen LogP contribution in [-0.4, -0.2) is 4.92 Å². The summed E-state index contributed by atoms with van der Waals surface area (Å²) < 4.78 is 0. The van der Waals surface area contributed by atoms with Gasteiger partial charge in [-0.3, -0.25) is 10.1 Å². The van der Waals surface area contributed by atoms with Crippen molar-refractivity contribution in [2.24, 2.45) is 5.73 Å². The molecular formula is C10H12N2O2. The van der Waals surface area contributed by atoms with E-state index in [1.165, 1.54) is 0 Å². The maximum atomic E-state index is 10.6. The number of nitro benzene ring substituents is 1. The number of aryl methyl sites for hydroxylation is 1.